The average molecular weight is 267 g/mol. The number of nitrogens with two attached hydrogens (primary N) is 1. The first-order valence-electron chi connectivity index (χ1n) is 4.19. The summed E-state index contributed by atoms with van der Waals surface area (Å²) >= 11 is -2.50. The summed E-state index contributed by atoms with van der Waals surface area (Å²) in [6.45, 7) is 0. The van der Waals surface area contributed by atoms with Crippen molar-refractivity contribution in [3.8, 4) is 0 Å². The molecule has 0 spiro atoms. The standard InChI is InChI=1S/C9H8F3NO3S/c10-9(11,12)6-4-7(13)8(17(15)16)3-5(6)1-2-14/h1-4,14H,13H2,(H,15,16)/b2-1+. The average Bonchev–Trinajstić information content (AvgIpc) is 2.18. The van der Waals surface area contributed by atoms with Crippen LogP contribution in [-0.4, -0.2) is 13.9 Å². The highest BCUT2D eigenvalue weighted by Gasteiger charge is 2.34. The highest BCUT2D eigenvalue weighted by atomic mass is 32.2. The number of halogens is 3. The second kappa shape index (κ2) is 4.76. The van der Waals surface area contributed by atoms with Gasteiger partial charge in [-0.3, -0.25) is 0 Å². The van der Waals surface area contributed by atoms with E-state index in [9.17, 15) is 17.4 Å². The predicted molar refractivity (Wildman–Crippen MR) is 56.6 cm³/mol. The van der Waals surface area contributed by atoms with Crippen LogP contribution in [-0.2, 0) is 17.3 Å². The first kappa shape index (κ1) is 13.5. The first-order valence-corrected chi connectivity index (χ1v) is 5.30. The Morgan fingerprint density at radius 1 is 1.35 bits per heavy atom. The fourth-order valence-corrected chi connectivity index (χ4v) is 1.72. The first-order chi connectivity index (χ1) is 7.77. The molecule has 1 aromatic carbocycles. The quantitative estimate of drug-likeness (QED) is 0.436. The van der Waals surface area contributed by atoms with Gasteiger partial charge >= 0.3 is 6.18 Å². The molecule has 0 saturated heterocycles. The maximum absolute atomic E-state index is 12.6. The second-order valence-corrected chi connectivity index (χ2v) is 3.98. The lowest BCUT2D eigenvalue weighted by atomic mass is 10.1. The minimum atomic E-state index is -4.67. The molecule has 0 aliphatic rings. The summed E-state index contributed by atoms with van der Waals surface area (Å²) < 4.78 is 57.3. The van der Waals surface area contributed by atoms with Crippen LogP contribution < -0.4 is 5.73 Å². The third kappa shape index (κ3) is 2.98. The van der Waals surface area contributed by atoms with Crippen molar-refractivity contribution >= 4 is 22.8 Å². The Morgan fingerprint density at radius 3 is 2.35 bits per heavy atom. The number of rotatable bonds is 2. The highest BCUT2D eigenvalue weighted by molar-refractivity contribution is 7.79. The second-order valence-electron chi connectivity index (χ2n) is 3.04. The van der Waals surface area contributed by atoms with Crippen LogP contribution >= 0.6 is 0 Å². The van der Waals surface area contributed by atoms with E-state index in [0.717, 1.165) is 12.1 Å². The number of hydrogen-bond acceptors (Lipinski definition) is 3. The Labute approximate surface area is 96.8 Å². The summed E-state index contributed by atoms with van der Waals surface area (Å²) in [6, 6.07) is 1.36. The summed E-state index contributed by atoms with van der Waals surface area (Å²) in [5, 5.41) is 8.49. The van der Waals surface area contributed by atoms with Crippen LogP contribution in [0.5, 0.6) is 0 Å². The molecule has 1 unspecified atom stereocenters. The van der Waals surface area contributed by atoms with E-state index >= 15 is 0 Å². The summed E-state index contributed by atoms with van der Waals surface area (Å²) in [5.41, 5.74) is 3.28. The maximum atomic E-state index is 12.6. The molecule has 0 amide bonds. The molecule has 1 rings (SSSR count). The minimum absolute atomic E-state index is 0.342. The molecule has 17 heavy (non-hydrogen) atoms. The summed E-state index contributed by atoms with van der Waals surface area (Å²) in [7, 11) is 0. The molecular weight excluding hydrogens is 259 g/mol. The Morgan fingerprint density at radius 2 is 1.94 bits per heavy atom. The Balaban J connectivity index is 3.52. The molecule has 0 bridgehead atoms. The van der Waals surface area contributed by atoms with E-state index in [2.05, 4.69) is 0 Å². The van der Waals surface area contributed by atoms with Crippen LogP contribution in [0.15, 0.2) is 23.3 Å². The molecule has 4 N–H and O–H groups in total. The van der Waals surface area contributed by atoms with E-state index in [0.29, 0.717) is 12.3 Å². The van der Waals surface area contributed by atoms with Gasteiger partial charge in [0, 0.05) is 0 Å². The molecule has 4 nitrogen and oxygen atoms in total. The Kier molecular flexibility index (Phi) is 3.79. The minimum Gasteiger partial charge on any atom is -0.516 e. The van der Waals surface area contributed by atoms with Crippen LogP contribution in [0.25, 0.3) is 6.08 Å². The zero-order valence-electron chi connectivity index (χ0n) is 8.23. The third-order valence-electron chi connectivity index (χ3n) is 1.93. The molecule has 0 fully saturated rings. The number of alkyl halides is 3. The van der Waals surface area contributed by atoms with Gasteiger partial charge in [-0.1, -0.05) is 0 Å². The number of hydrogen-bond donors (Lipinski definition) is 3. The SMILES string of the molecule is Nc1cc(C(F)(F)F)c(/C=C/O)cc1S(=O)O. The van der Waals surface area contributed by atoms with Gasteiger partial charge in [-0.05, 0) is 23.8 Å². The number of aliphatic hydroxyl groups excluding tert-OH is 1. The maximum Gasteiger partial charge on any atom is 0.417 e. The molecule has 0 aliphatic heterocycles. The Hall–Kier alpha value is -1.54. The molecule has 1 atom stereocenters. The molecule has 94 valence electrons. The van der Waals surface area contributed by atoms with Crippen LogP contribution in [0.2, 0.25) is 0 Å². The van der Waals surface area contributed by atoms with Crippen molar-refractivity contribution in [3.63, 3.8) is 0 Å². The smallest absolute Gasteiger partial charge is 0.417 e. The number of benzene rings is 1. The van der Waals surface area contributed by atoms with Gasteiger partial charge in [0.2, 0.25) is 0 Å². The molecule has 0 aromatic heterocycles. The van der Waals surface area contributed by atoms with Gasteiger partial charge in [-0.2, -0.15) is 13.2 Å². The van der Waals surface area contributed by atoms with Crippen molar-refractivity contribution in [2.75, 3.05) is 5.73 Å². The van der Waals surface area contributed by atoms with Gasteiger partial charge in [0.15, 0.2) is 11.1 Å². The summed E-state index contributed by atoms with van der Waals surface area (Å²) in [5.74, 6) is 0. The number of nitrogen functional groups attached to an aromatic ring is 1. The van der Waals surface area contributed by atoms with E-state index in [1.807, 2.05) is 0 Å². The molecule has 0 aliphatic carbocycles. The van der Waals surface area contributed by atoms with E-state index in [1.54, 1.807) is 0 Å². The van der Waals surface area contributed by atoms with Crippen molar-refractivity contribution in [2.24, 2.45) is 0 Å². The van der Waals surface area contributed by atoms with E-state index in [1.165, 1.54) is 0 Å². The molecule has 0 heterocycles. The van der Waals surface area contributed by atoms with Crippen molar-refractivity contribution in [3.05, 3.63) is 29.5 Å². The largest absolute Gasteiger partial charge is 0.516 e. The fourth-order valence-electron chi connectivity index (χ4n) is 1.23. The van der Waals surface area contributed by atoms with Crippen molar-refractivity contribution in [2.45, 2.75) is 11.1 Å². The van der Waals surface area contributed by atoms with Gasteiger partial charge in [-0.15, -0.1) is 0 Å². The molecule has 8 heteroatoms. The molecule has 0 radical (unpaired) electrons. The van der Waals surface area contributed by atoms with E-state index in [4.69, 9.17) is 15.4 Å². The van der Waals surface area contributed by atoms with Crippen LogP contribution in [0.4, 0.5) is 18.9 Å². The number of aliphatic hydroxyl groups is 1. The summed E-state index contributed by atoms with van der Waals surface area (Å²) in [4.78, 5) is -0.342. The van der Waals surface area contributed by atoms with Crippen LogP contribution in [0.1, 0.15) is 11.1 Å². The fraction of sp³-hybridized carbons (Fsp3) is 0.111. The topological polar surface area (TPSA) is 83.5 Å². The van der Waals surface area contributed by atoms with Crippen molar-refractivity contribution in [1.29, 1.82) is 0 Å². The van der Waals surface area contributed by atoms with Crippen LogP contribution in [0.3, 0.4) is 0 Å². The lowest BCUT2D eigenvalue weighted by Crippen LogP contribution is -2.10. The molecule has 0 saturated carbocycles. The van der Waals surface area contributed by atoms with Gasteiger partial charge in [0.1, 0.15) is 0 Å². The zero-order chi connectivity index (χ0) is 13.2. The van der Waals surface area contributed by atoms with Crippen molar-refractivity contribution in [1.82, 2.24) is 0 Å². The lowest BCUT2D eigenvalue weighted by molar-refractivity contribution is -0.137. The molecule has 1 aromatic rings. The Bertz CT molecular complexity index is 485. The lowest BCUT2D eigenvalue weighted by Gasteiger charge is -2.12. The monoisotopic (exact) mass is 267 g/mol. The highest BCUT2D eigenvalue weighted by Crippen LogP contribution is 2.35. The zero-order valence-corrected chi connectivity index (χ0v) is 9.05. The predicted octanol–water partition coefficient (Wildman–Crippen LogP) is 2.40. The van der Waals surface area contributed by atoms with Crippen LogP contribution in [0, 0.1) is 0 Å². The molecular formula is C9H8F3NO3S. The normalized spacial score (nSPS) is 14.1. The third-order valence-corrected chi connectivity index (χ3v) is 2.66. The van der Waals surface area contributed by atoms with Gasteiger partial charge in [0.05, 0.1) is 22.4 Å². The van der Waals surface area contributed by atoms with Gasteiger partial charge < -0.3 is 15.4 Å². The van der Waals surface area contributed by atoms with Crippen molar-refractivity contribution < 1.29 is 27.0 Å². The summed E-state index contributed by atoms with van der Waals surface area (Å²) in [6.07, 6.45) is -3.50. The van der Waals surface area contributed by atoms with E-state index < -0.39 is 34.1 Å². The van der Waals surface area contributed by atoms with E-state index in [-0.39, 0.29) is 4.90 Å². The number of anilines is 1. The van der Waals surface area contributed by atoms with Gasteiger partial charge in [-0.25, -0.2) is 4.21 Å². The van der Waals surface area contributed by atoms with Gasteiger partial charge in [0.25, 0.3) is 0 Å².